The lowest BCUT2D eigenvalue weighted by Gasteiger charge is -2.48. The van der Waals surface area contributed by atoms with Crippen LogP contribution in [0.1, 0.15) is 151 Å². The Labute approximate surface area is 291 Å². The van der Waals surface area contributed by atoms with E-state index in [1.165, 1.54) is 6.42 Å². The highest BCUT2D eigenvalue weighted by molar-refractivity contribution is 5.94. The number of carbonyl (C=O) groups excluding carboxylic acids is 1. The minimum absolute atomic E-state index is 0.0154. The molecule has 0 aliphatic carbocycles. The highest BCUT2D eigenvalue weighted by Gasteiger charge is 2.34. The molecule has 1 aromatic heterocycles. The van der Waals surface area contributed by atoms with Gasteiger partial charge in [-0.25, -0.2) is 9.37 Å². The Morgan fingerprint density at radius 2 is 1.57 bits per heavy atom. The smallest absolute Gasteiger partial charge is 0.252 e. The lowest BCUT2D eigenvalue weighted by atomic mass is 9.97. The normalized spacial score (nSPS) is 17.7. The monoisotopic (exact) mass is 662 g/mol. The fourth-order valence-electron chi connectivity index (χ4n) is 5.87. The lowest BCUT2D eigenvalue weighted by Crippen LogP contribution is -2.58. The first-order valence-electron chi connectivity index (χ1n) is 19.2. The van der Waals surface area contributed by atoms with Crippen molar-refractivity contribution in [2.24, 2.45) is 0 Å². The molecule has 274 valence electrons. The van der Waals surface area contributed by atoms with Crippen LogP contribution < -0.4 is 10.2 Å². The van der Waals surface area contributed by atoms with Crippen molar-refractivity contribution < 1.29 is 9.18 Å². The first-order chi connectivity index (χ1) is 22.7. The molecule has 2 aliphatic heterocycles. The van der Waals surface area contributed by atoms with Crippen LogP contribution in [0, 0.1) is 6.92 Å². The molecule has 1 N–H and O–H groups in total. The third-order valence-corrected chi connectivity index (χ3v) is 8.21. The number of aryl methyl sites for hydroxylation is 1. The summed E-state index contributed by atoms with van der Waals surface area (Å²) in [4.78, 5) is 24.5. The third kappa shape index (κ3) is 16.6. The van der Waals surface area contributed by atoms with Crippen LogP contribution in [-0.2, 0) is 0 Å². The lowest BCUT2D eigenvalue weighted by molar-refractivity contribution is 0.0654. The molecule has 1 unspecified atom stereocenters. The average Bonchev–Trinajstić information content (AvgIpc) is 3.11. The van der Waals surface area contributed by atoms with Crippen LogP contribution in [0.4, 0.5) is 10.2 Å². The fourth-order valence-corrected chi connectivity index (χ4v) is 5.87. The van der Waals surface area contributed by atoms with Gasteiger partial charge in [-0.1, -0.05) is 94.6 Å². The molecule has 7 heteroatoms. The van der Waals surface area contributed by atoms with Crippen LogP contribution >= 0.6 is 0 Å². The molecule has 47 heavy (non-hydrogen) atoms. The van der Waals surface area contributed by atoms with E-state index in [1.54, 1.807) is 12.3 Å². The van der Waals surface area contributed by atoms with E-state index >= 15 is 0 Å². The fraction of sp³-hybridized carbons (Fsp3) is 0.750. The number of nitrogens with one attached hydrogen (secondary N) is 1. The zero-order valence-corrected chi connectivity index (χ0v) is 33.4. The van der Waals surface area contributed by atoms with Crippen molar-refractivity contribution in [2.45, 2.75) is 154 Å². The van der Waals surface area contributed by atoms with Crippen molar-refractivity contribution >= 4 is 11.7 Å². The standard InChI is InChI=1S/C31H50FN5O.C3H8.3C2H6/c1-7-11-25(29(32)18-23(5)8-2)21-35-14-12-28(13-15-35)37-17-16-36(22-27(37)9-3)30-24(6)19-26(20-34-30)31(38)33-10-4;1-3-2;3*1-2/h18-20,27-28H,7-17,21-22H2,1-6H3,(H,33,38);3H2,1-2H3;3*1-2H3/b23-18-,29-25-;;;;. The Balaban J connectivity index is 0. The summed E-state index contributed by atoms with van der Waals surface area (Å²) in [5, 5.41) is 2.85. The Morgan fingerprint density at radius 3 is 2.06 bits per heavy atom. The summed E-state index contributed by atoms with van der Waals surface area (Å²) in [6.07, 6.45) is 10.8. The van der Waals surface area contributed by atoms with Gasteiger partial charge in [-0.2, -0.15) is 0 Å². The number of carbonyl (C=O) groups is 1. The van der Waals surface area contributed by atoms with E-state index < -0.39 is 0 Å². The summed E-state index contributed by atoms with van der Waals surface area (Å²) in [7, 11) is 0. The molecular weight excluding hydrogens is 585 g/mol. The summed E-state index contributed by atoms with van der Waals surface area (Å²) in [6, 6.07) is 3.03. The number of anilines is 1. The van der Waals surface area contributed by atoms with Crippen LogP contribution in [0.2, 0.25) is 0 Å². The van der Waals surface area contributed by atoms with Crippen LogP contribution in [0.5, 0.6) is 0 Å². The number of rotatable bonds is 11. The van der Waals surface area contributed by atoms with E-state index in [-0.39, 0.29) is 11.7 Å². The zero-order chi connectivity index (χ0) is 36.4. The van der Waals surface area contributed by atoms with E-state index in [2.05, 4.69) is 61.6 Å². The van der Waals surface area contributed by atoms with Gasteiger partial charge < -0.3 is 10.2 Å². The van der Waals surface area contributed by atoms with E-state index in [4.69, 9.17) is 4.98 Å². The van der Waals surface area contributed by atoms with Crippen molar-refractivity contribution in [3.63, 3.8) is 0 Å². The second-order valence-electron chi connectivity index (χ2n) is 11.7. The van der Waals surface area contributed by atoms with Crippen LogP contribution in [0.3, 0.4) is 0 Å². The Kier molecular flexibility index (Phi) is 28.7. The molecule has 2 fully saturated rings. The molecule has 0 radical (unpaired) electrons. The summed E-state index contributed by atoms with van der Waals surface area (Å²) in [5.41, 5.74) is 3.74. The molecule has 0 spiro atoms. The van der Waals surface area contributed by atoms with E-state index in [0.717, 1.165) is 100 Å². The van der Waals surface area contributed by atoms with Crippen molar-refractivity contribution in [1.29, 1.82) is 0 Å². The van der Waals surface area contributed by atoms with Gasteiger partial charge in [-0.15, -0.1) is 0 Å². The van der Waals surface area contributed by atoms with Gasteiger partial charge in [-0.3, -0.25) is 14.6 Å². The number of amides is 1. The van der Waals surface area contributed by atoms with Gasteiger partial charge in [0, 0.05) is 51.0 Å². The van der Waals surface area contributed by atoms with Crippen LogP contribution in [0.15, 0.2) is 35.3 Å². The van der Waals surface area contributed by atoms with Crippen molar-refractivity contribution in [3.8, 4) is 0 Å². The van der Waals surface area contributed by atoms with Crippen molar-refractivity contribution in [1.82, 2.24) is 20.1 Å². The maximum Gasteiger partial charge on any atom is 0.252 e. The average molecular weight is 662 g/mol. The number of pyridine rings is 1. The maximum atomic E-state index is 15.0. The predicted octanol–water partition coefficient (Wildman–Crippen LogP) is 10.4. The maximum absolute atomic E-state index is 15.0. The minimum Gasteiger partial charge on any atom is -0.354 e. The predicted molar refractivity (Wildman–Crippen MR) is 207 cm³/mol. The number of likely N-dealkylation sites (tertiary alicyclic amines) is 1. The highest BCUT2D eigenvalue weighted by Crippen LogP contribution is 2.28. The number of nitrogens with zero attached hydrogens (tertiary/aromatic N) is 4. The van der Waals surface area contributed by atoms with Crippen molar-refractivity contribution in [2.75, 3.05) is 50.7 Å². The van der Waals surface area contributed by atoms with E-state index in [9.17, 15) is 9.18 Å². The molecule has 3 rings (SSSR count). The highest BCUT2D eigenvalue weighted by atomic mass is 19.1. The summed E-state index contributed by atoms with van der Waals surface area (Å²) < 4.78 is 15.0. The molecule has 6 nitrogen and oxygen atoms in total. The second-order valence-corrected chi connectivity index (χ2v) is 11.7. The van der Waals surface area contributed by atoms with Gasteiger partial charge in [0.15, 0.2) is 0 Å². The minimum atomic E-state index is -0.0650. The molecule has 0 aromatic carbocycles. The van der Waals surface area contributed by atoms with Gasteiger partial charge in [0.25, 0.3) is 5.91 Å². The van der Waals surface area contributed by atoms with Crippen LogP contribution in [-0.4, -0.2) is 78.6 Å². The Morgan fingerprint density at radius 1 is 0.979 bits per heavy atom. The molecule has 1 atom stereocenters. The zero-order valence-electron chi connectivity index (χ0n) is 33.4. The Bertz CT molecular complexity index is 1000. The molecule has 2 saturated heterocycles. The first-order valence-corrected chi connectivity index (χ1v) is 19.2. The third-order valence-electron chi connectivity index (χ3n) is 8.21. The molecule has 0 bridgehead atoms. The first kappa shape index (κ1) is 46.9. The molecular formula is C40H76FN5O. The summed E-state index contributed by atoms with van der Waals surface area (Å²) >= 11 is 0. The number of hydrogen-bond acceptors (Lipinski definition) is 5. The summed E-state index contributed by atoms with van der Waals surface area (Å²) in [6.45, 7) is 35.1. The van der Waals surface area contributed by atoms with Gasteiger partial charge in [-0.05, 0) is 89.2 Å². The van der Waals surface area contributed by atoms with Gasteiger partial charge >= 0.3 is 0 Å². The molecule has 1 amide bonds. The van der Waals surface area contributed by atoms with Crippen molar-refractivity contribution in [3.05, 3.63) is 46.4 Å². The summed E-state index contributed by atoms with van der Waals surface area (Å²) in [5.74, 6) is 0.916. The van der Waals surface area contributed by atoms with Gasteiger partial charge in [0.2, 0.25) is 0 Å². The SMILES string of the molecule is CC.CC.CC.CCC.CCC/C(CN1CCC(N2CCN(c3ncc(C(=O)NCC)cc3C)CC2CC)CC1)=C(F)\C=C(\C)CC. The van der Waals surface area contributed by atoms with E-state index in [1.807, 2.05) is 61.5 Å². The number of allylic oxidation sites excluding steroid dienone is 3. The molecule has 3 heterocycles. The number of piperazine rings is 1. The van der Waals surface area contributed by atoms with Crippen LogP contribution in [0.25, 0.3) is 0 Å². The van der Waals surface area contributed by atoms with Gasteiger partial charge in [0.05, 0.1) is 5.56 Å². The number of hydrogen-bond donors (Lipinski definition) is 1. The van der Waals surface area contributed by atoms with E-state index in [0.29, 0.717) is 24.2 Å². The molecule has 1 aromatic rings. The Hall–Kier alpha value is -2.25. The number of piperidine rings is 1. The molecule has 2 aliphatic rings. The van der Waals surface area contributed by atoms with Gasteiger partial charge in [0.1, 0.15) is 11.6 Å². The quantitative estimate of drug-likeness (QED) is 0.239. The largest absolute Gasteiger partial charge is 0.354 e. The molecule has 0 saturated carbocycles. The number of halogens is 1. The number of aromatic nitrogens is 1. The second kappa shape index (κ2) is 28.7. The topological polar surface area (TPSA) is 51.7 Å².